The quantitative estimate of drug-likeness (QED) is 0.558. The van der Waals surface area contributed by atoms with Gasteiger partial charge < -0.3 is 10.0 Å². The molecule has 2 nitrogen and oxygen atoms in total. The van der Waals surface area contributed by atoms with E-state index in [4.69, 9.17) is 5.11 Å². The summed E-state index contributed by atoms with van der Waals surface area (Å²) in [6, 6.07) is 0. The molecule has 0 unspecified atom stereocenters. The Balaban J connectivity index is 4.53. The molecule has 0 aliphatic rings. The second-order valence-electron chi connectivity index (χ2n) is 5.16. The topological polar surface area (TPSA) is 23.5 Å². The fraction of sp³-hybridized carbons (Fsp3) is 1.00. The molecule has 0 saturated heterocycles. The van der Waals surface area contributed by atoms with Crippen molar-refractivity contribution >= 4 is 12.6 Å². The Bertz CT molecular complexity index is 164. The number of thiol groups is 1. The van der Waals surface area contributed by atoms with Gasteiger partial charge in [-0.1, -0.05) is 33.6 Å². The molecule has 0 aromatic carbocycles. The van der Waals surface area contributed by atoms with Crippen LogP contribution in [0.1, 0.15) is 52.9 Å². The van der Waals surface area contributed by atoms with Crippen LogP contribution in [0.2, 0.25) is 0 Å². The Labute approximate surface area is 113 Å². The smallest absolute Gasteiger partial charge is 0.0558 e. The first-order valence-electron chi connectivity index (χ1n) is 7.12. The first-order chi connectivity index (χ1) is 8.17. The van der Waals surface area contributed by atoms with E-state index in [9.17, 15) is 0 Å². The number of rotatable bonds is 11. The maximum atomic E-state index is 9.13. The predicted molar refractivity (Wildman–Crippen MR) is 79.9 cm³/mol. The van der Waals surface area contributed by atoms with E-state index in [1.165, 1.54) is 25.7 Å². The molecule has 0 atom stereocenters. The minimum Gasteiger partial charge on any atom is -0.395 e. The second kappa shape index (κ2) is 10.2. The maximum Gasteiger partial charge on any atom is 0.0558 e. The van der Waals surface area contributed by atoms with Crippen LogP contribution in [-0.4, -0.2) is 42.0 Å². The number of hydrogen-bond acceptors (Lipinski definition) is 3. The summed E-state index contributed by atoms with van der Waals surface area (Å²) in [7, 11) is 0. The number of nitrogens with zero attached hydrogens (tertiary/aromatic N) is 1. The minimum absolute atomic E-state index is 0.265. The van der Waals surface area contributed by atoms with E-state index in [-0.39, 0.29) is 6.61 Å². The normalized spacial score (nSPS) is 12.4. The molecule has 3 heteroatoms. The summed E-state index contributed by atoms with van der Waals surface area (Å²) in [5.74, 6) is 0.959. The van der Waals surface area contributed by atoms with Crippen LogP contribution in [0.15, 0.2) is 0 Å². The van der Waals surface area contributed by atoms with Crippen LogP contribution in [0.5, 0.6) is 0 Å². The van der Waals surface area contributed by atoms with E-state index in [0.29, 0.717) is 5.41 Å². The van der Waals surface area contributed by atoms with Gasteiger partial charge in [-0.3, -0.25) is 0 Å². The highest BCUT2D eigenvalue weighted by Gasteiger charge is 2.28. The van der Waals surface area contributed by atoms with E-state index >= 15 is 0 Å². The summed E-state index contributed by atoms with van der Waals surface area (Å²) in [4.78, 5) is 2.40. The number of aliphatic hydroxyl groups is 1. The fourth-order valence-electron chi connectivity index (χ4n) is 2.75. The van der Waals surface area contributed by atoms with Crippen molar-refractivity contribution in [3.05, 3.63) is 0 Å². The summed E-state index contributed by atoms with van der Waals surface area (Å²) >= 11 is 4.59. The molecule has 0 aliphatic carbocycles. The Morgan fingerprint density at radius 1 is 1.00 bits per heavy atom. The molecule has 0 bridgehead atoms. The summed E-state index contributed by atoms with van der Waals surface area (Å²) in [5, 5.41) is 9.13. The highest BCUT2D eigenvalue weighted by Crippen LogP contribution is 2.32. The van der Waals surface area contributed by atoms with E-state index in [1.54, 1.807) is 0 Å². The van der Waals surface area contributed by atoms with Gasteiger partial charge in [-0.15, -0.1) is 0 Å². The number of hydrogen-bond donors (Lipinski definition) is 2. The molecular weight excluding hydrogens is 230 g/mol. The van der Waals surface area contributed by atoms with Crippen LogP contribution >= 0.6 is 12.6 Å². The van der Waals surface area contributed by atoms with Gasteiger partial charge in [0.1, 0.15) is 0 Å². The van der Waals surface area contributed by atoms with Gasteiger partial charge in [0.05, 0.1) is 6.61 Å². The lowest BCUT2D eigenvalue weighted by atomic mass is 9.80. The van der Waals surface area contributed by atoms with Crippen molar-refractivity contribution in [2.45, 2.75) is 52.9 Å². The highest BCUT2D eigenvalue weighted by atomic mass is 32.1. The zero-order chi connectivity index (χ0) is 13.1. The molecule has 0 aromatic rings. The largest absolute Gasteiger partial charge is 0.395 e. The van der Waals surface area contributed by atoms with Gasteiger partial charge in [0.25, 0.3) is 0 Å². The van der Waals surface area contributed by atoms with Crippen molar-refractivity contribution in [2.75, 3.05) is 32.0 Å². The molecule has 0 aliphatic heterocycles. The monoisotopic (exact) mass is 261 g/mol. The highest BCUT2D eigenvalue weighted by molar-refractivity contribution is 7.80. The Kier molecular flexibility index (Phi) is 10.4. The molecule has 0 rings (SSSR count). The average molecular weight is 261 g/mol. The molecular formula is C14H31NOS. The van der Waals surface area contributed by atoms with Crippen molar-refractivity contribution in [1.82, 2.24) is 4.90 Å². The van der Waals surface area contributed by atoms with Crippen LogP contribution in [0, 0.1) is 5.41 Å². The summed E-state index contributed by atoms with van der Waals surface area (Å²) in [6.45, 7) is 9.95. The third-order valence-corrected chi connectivity index (χ3v) is 4.08. The zero-order valence-corrected chi connectivity index (χ0v) is 12.8. The van der Waals surface area contributed by atoms with Crippen molar-refractivity contribution in [2.24, 2.45) is 5.41 Å². The molecule has 0 heterocycles. The van der Waals surface area contributed by atoms with Crippen molar-refractivity contribution in [3.63, 3.8) is 0 Å². The average Bonchev–Trinajstić information content (AvgIpc) is 2.30. The van der Waals surface area contributed by atoms with Crippen molar-refractivity contribution in [3.8, 4) is 0 Å². The Morgan fingerprint density at radius 3 is 1.94 bits per heavy atom. The van der Waals surface area contributed by atoms with Gasteiger partial charge in [0, 0.05) is 13.1 Å². The maximum absolute atomic E-state index is 9.13. The van der Waals surface area contributed by atoms with Crippen molar-refractivity contribution in [1.29, 1.82) is 0 Å². The Morgan fingerprint density at radius 2 is 1.59 bits per heavy atom. The third-order valence-electron chi connectivity index (χ3n) is 3.41. The standard InChI is InChI=1S/C14H31NOS/c1-4-7-14(13-17,8-5-2)12-15(9-6-3)10-11-16/h16-17H,4-13H2,1-3H3. The molecule has 0 spiro atoms. The molecule has 0 fully saturated rings. The molecule has 17 heavy (non-hydrogen) atoms. The molecule has 0 saturated carbocycles. The predicted octanol–water partition coefficient (Wildman–Crippen LogP) is 3.21. The van der Waals surface area contributed by atoms with Gasteiger partial charge in [-0.25, -0.2) is 0 Å². The van der Waals surface area contributed by atoms with E-state index in [0.717, 1.165) is 31.8 Å². The van der Waals surface area contributed by atoms with E-state index < -0.39 is 0 Å². The molecule has 104 valence electrons. The third kappa shape index (κ3) is 6.68. The van der Waals surface area contributed by atoms with E-state index in [1.807, 2.05) is 0 Å². The lowest BCUT2D eigenvalue weighted by Crippen LogP contribution is -2.41. The van der Waals surface area contributed by atoms with Crippen LogP contribution in [0.4, 0.5) is 0 Å². The van der Waals surface area contributed by atoms with Crippen LogP contribution in [0.3, 0.4) is 0 Å². The second-order valence-corrected chi connectivity index (χ2v) is 5.47. The molecule has 0 amide bonds. The summed E-state index contributed by atoms with van der Waals surface area (Å²) < 4.78 is 0. The van der Waals surface area contributed by atoms with E-state index in [2.05, 4.69) is 38.3 Å². The van der Waals surface area contributed by atoms with Gasteiger partial charge >= 0.3 is 0 Å². The molecule has 0 radical (unpaired) electrons. The van der Waals surface area contributed by atoms with Gasteiger partial charge in [0.2, 0.25) is 0 Å². The summed E-state index contributed by atoms with van der Waals surface area (Å²) in [6.07, 6.45) is 6.09. The Hall–Kier alpha value is 0.270. The first kappa shape index (κ1) is 17.3. The van der Waals surface area contributed by atoms with Gasteiger partial charge in [-0.05, 0) is 37.0 Å². The van der Waals surface area contributed by atoms with Gasteiger partial charge in [-0.2, -0.15) is 12.6 Å². The summed E-state index contributed by atoms with van der Waals surface area (Å²) in [5.41, 5.74) is 0.344. The SMILES string of the molecule is CCCN(CCO)CC(CS)(CCC)CCC. The zero-order valence-electron chi connectivity index (χ0n) is 11.9. The lowest BCUT2D eigenvalue weighted by Gasteiger charge is -2.37. The van der Waals surface area contributed by atoms with Crippen LogP contribution in [0.25, 0.3) is 0 Å². The molecule has 1 N–H and O–H groups in total. The lowest BCUT2D eigenvalue weighted by molar-refractivity contribution is 0.123. The fourth-order valence-corrected chi connectivity index (χ4v) is 3.17. The van der Waals surface area contributed by atoms with Crippen LogP contribution < -0.4 is 0 Å². The van der Waals surface area contributed by atoms with Crippen molar-refractivity contribution < 1.29 is 5.11 Å². The molecule has 0 aromatic heterocycles. The van der Waals surface area contributed by atoms with Crippen LogP contribution in [-0.2, 0) is 0 Å². The van der Waals surface area contributed by atoms with Gasteiger partial charge in [0.15, 0.2) is 0 Å². The number of aliphatic hydroxyl groups excluding tert-OH is 1. The minimum atomic E-state index is 0.265. The first-order valence-corrected chi connectivity index (χ1v) is 7.75.